The van der Waals surface area contributed by atoms with Crippen molar-refractivity contribution in [2.75, 3.05) is 19.7 Å². The number of carbonyl (C=O) groups is 2. The molecule has 12 heteroatoms. The molecular formula is C37H42F3N5O4. The molecule has 0 aliphatic heterocycles. The summed E-state index contributed by atoms with van der Waals surface area (Å²) in [7, 11) is 0. The number of carbonyl (C=O) groups excluding carboxylic acids is 2. The van der Waals surface area contributed by atoms with Crippen molar-refractivity contribution < 1.29 is 33.0 Å². The van der Waals surface area contributed by atoms with Crippen molar-refractivity contribution in [3.8, 4) is 0 Å². The molecule has 1 heterocycles. The van der Waals surface area contributed by atoms with Gasteiger partial charge in [-0.3, -0.25) is 14.3 Å². The number of nitrogens with zero attached hydrogens (tertiary/aromatic N) is 3. The highest BCUT2D eigenvalue weighted by Gasteiger charge is 2.35. The average Bonchev–Trinajstić information content (AvgIpc) is 3.85. The lowest BCUT2D eigenvalue weighted by Gasteiger charge is -2.24. The molecule has 1 fully saturated rings. The van der Waals surface area contributed by atoms with Gasteiger partial charge in [-0.2, -0.15) is 18.3 Å². The van der Waals surface area contributed by atoms with E-state index in [-0.39, 0.29) is 56.0 Å². The Labute approximate surface area is 283 Å². The molecule has 0 saturated heterocycles. The maximum Gasteiger partial charge on any atom is 0.416 e. The van der Waals surface area contributed by atoms with E-state index < -0.39 is 29.8 Å². The lowest BCUT2D eigenvalue weighted by Crippen LogP contribution is -2.48. The average molecular weight is 678 g/mol. The third-order valence-corrected chi connectivity index (χ3v) is 8.48. The molecule has 49 heavy (non-hydrogen) atoms. The van der Waals surface area contributed by atoms with Crippen LogP contribution in [0.15, 0.2) is 91.0 Å². The summed E-state index contributed by atoms with van der Waals surface area (Å²) in [5, 5.41) is 31.0. The van der Waals surface area contributed by atoms with Crippen LogP contribution in [-0.2, 0) is 25.7 Å². The number of rotatable bonds is 17. The maximum atomic E-state index is 13.9. The monoisotopic (exact) mass is 677 g/mol. The second kappa shape index (κ2) is 16.7. The first kappa shape index (κ1) is 35.8. The molecule has 1 saturated carbocycles. The van der Waals surface area contributed by atoms with Gasteiger partial charge in [-0.15, -0.1) is 0 Å². The first-order valence-electron chi connectivity index (χ1n) is 16.6. The van der Waals surface area contributed by atoms with Crippen LogP contribution in [0.1, 0.15) is 68.9 Å². The summed E-state index contributed by atoms with van der Waals surface area (Å²) < 4.78 is 41.1. The van der Waals surface area contributed by atoms with Gasteiger partial charge in [0, 0.05) is 38.3 Å². The van der Waals surface area contributed by atoms with Crippen LogP contribution in [0.5, 0.6) is 0 Å². The number of hydrogen-bond acceptors (Lipinski definition) is 6. The molecule has 4 N–H and O–H groups in total. The molecule has 1 aliphatic carbocycles. The highest BCUT2D eigenvalue weighted by molar-refractivity contribution is 5.98. The van der Waals surface area contributed by atoms with Gasteiger partial charge in [0.1, 0.15) is 5.69 Å². The van der Waals surface area contributed by atoms with Crippen LogP contribution < -0.4 is 10.6 Å². The van der Waals surface area contributed by atoms with Crippen LogP contribution >= 0.6 is 0 Å². The minimum absolute atomic E-state index is 0.00953. The number of aliphatic hydroxyl groups excluding tert-OH is 2. The smallest absolute Gasteiger partial charge is 0.396 e. The van der Waals surface area contributed by atoms with Gasteiger partial charge in [-0.1, -0.05) is 78.9 Å². The molecule has 2 atom stereocenters. The fraction of sp³-hybridized carbons (Fsp3) is 0.378. The molecule has 0 radical (unpaired) electrons. The quantitative estimate of drug-likeness (QED) is 0.119. The molecule has 2 amide bonds. The number of alkyl halides is 3. The van der Waals surface area contributed by atoms with E-state index in [1.165, 1.54) is 16.8 Å². The number of hydrogen-bond donors (Lipinski definition) is 4. The first-order chi connectivity index (χ1) is 23.6. The van der Waals surface area contributed by atoms with Gasteiger partial charge in [0.2, 0.25) is 0 Å². The van der Waals surface area contributed by atoms with E-state index in [1.807, 2.05) is 60.7 Å². The van der Waals surface area contributed by atoms with Crippen LogP contribution in [0, 0.1) is 0 Å². The van der Waals surface area contributed by atoms with Gasteiger partial charge in [0.25, 0.3) is 11.8 Å². The molecular weight excluding hydrogens is 635 g/mol. The van der Waals surface area contributed by atoms with Gasteiger partial charge in [0.05, 0.1) is 24.3 Å². The lowest BCUT2D eigenvalue weighted by atomic mass is 10.0. The van der Waals surface area contributed by atoms with Crippen molar-refractivity contribution in [3.05, 3.63) is 125 Å². The highest BCUT2D eigenvalue weighted by atomic mass is 19.4. The summed E-state index contributed by atoms with van der Waals surface area (Å²) in [4.78, 5) is 29.5. The fourth-order valence-electron chi connectivity index (χ4n) is 5.71. The highest BCUT2D eigenvalue weighted by Crippen LogP contribution is 2.30. The third-order valence-electron chi connectivity index (χ3n) is 8.48. The molecule has 260 valence electrons. The summed E-state index contributed by atoms with van der Waals surface area (Å²) in [6.07, 6.45) is -2.28. The Morgan fingerprint density at radius 3 is 2.24 bits per heavy atom. The zero-order valence-electron chi connectivity index (χ0n) is 27.1. The Balaban J connectivity index is 1.34. The summed E-state index contributed by atoms with van der Waals surface area (Å²) in [5.41, 5.74) is 1.70. The standard InChI is InChI=1S/C37H42F3N5O4/c38-37(39,40)29-15-9-14-28(20-29)23-41-24-34(47)31(21-26-10-3-1-4-11-26)42-35(48)32-22-33(45(43-32)25-27-12-5-2-6-13-27)36(49)44(30-16-17-30)18-7-8-19-46/h1-6,9-15,20,22,30-31,34,41,46-47H,7-8,16-19,21,23-25H2,(H,42,48)/t31-,34+/m0/s1. The number of unbranched alkanes of at least 4 members (excludes halogenated alkanes) is 1. The number of nitrogens with one attached hydrogen (secondary N) is 2. The van der Waals surface area contributed by atoms with E-state index in [4.69, 9.17) is 0 Å². The second-order valence-corrected chi connectivity index (χ2v) is 12.4. The number of aliphatic hydroxyl groups is 2. The van der Waals surface area contributed by atoms with Crippen molar-refractivity contribution in [3.63, 3.8) is 0 Å². The Bertz CT molecular complexity index is 1660. The summed E-state index contributed by atoms with van der Waals surface area (Å²) in [6, 6.07) is 24.6. The van der Waals surface area contributed by atoms with Gasteiger partial charge in [-0.25, -0.2) is 0 Å². The number of amides is 2. The molecule has 0 unspecified atom stereocenters. The first-order valence-corrected chi connectivity index (χ1v) is 16.6. The molecule has 4 aromatic rings. The van der Waals surface area contributed by atoms with Crippen molar-refractivity contribution in [2.45, 2.75) is 69.6 Å². The topological polar surface area (TPSA) is 120 Å². The molecule has 5 rings (SSSR count). The molecule has 1 aliphatic rings. The van der Waals surface area contributed by atoms with E-state index in [9.17, 15) is 33.0 Å². The van der Waals surface area contributed by atoms with Crippen molar-refractivity contribution in [2.24, 2.45) is 0 Å². The lowest BCUT2D eigenvalue weighted by molar-refractivity contribution is -0.137. The van der Waals surface area contributed by atoms with Crippen LogP contribution in [0.2, 0.25) is 0 Å². The largest absolute Gasteiger partial charge is 0.416 e. The predicted octanol–water partition coefficient (Wildman–Crippen LogP) is 4.82. The van der Waals surface area contributed by atoms with Crippen LogP contribution in [-0.4, -0.2) is 74.6 Å². The van der Waals surface area contributed by atoms with E-state index in [2.05, 4.69) is 15.7 Å². The van der Waals surface area contributed by atoms with E-state index in [1.54, 1.807) is 11.0 Å². The summed E-state index contributed by atoms with van der Waals surface area (Å²) in [6.45, 7) is 0.864. The molecule has 0 spiro atoms. The Morgan fingerprint density at radius 2 is 1.59 bits per heavy atom. The van der Waals surface area contributed by atoms with Gasteiger partial charge in [0.15, 0.2) is 5.69 Å². The normalized spacial score (nSPS) is 14.3. The molecule has 0 bridgehead atoms. The fourth-order valence-corrected chi connectivity index (χ4v) is 5.71. The minimum Gasteiger partial charge on any atom is -0.396 e. The van der Waals surface area contributed by atoms with E-state index in [0.717, 1.165) is 36.1 Å². The van der Waals surface area contributed by atoms with Crippen LogP contribution in [0.3, 0.4) is 0 Å². The number of aromatic nitrogens is 2. The third kappa shape index (κ3) is 10.2. The van der Waals surface area contributed by atoms with Crippen molar-refractivity contribution in [1.29, 1.82) is 0 Å². The van der Waals surface area contributed by atoms with Crippen molar-refractivity contribution >= 4 is 11.8 Å². The van der Waals surface area contributed by atoms with E-state index in [0.29, 0.717) is 24.9 Å². The minimum atomic E-state index is -4.46. The molecule has 9 nitrogen and oxygen atoms in total. The molecule has 1 aromatic heterocycles. The molecule has 3 aromatic carbocycles. The Kier molecular flexibility index (Phi) is 12.2. The van der Waals surface area contributed by atoms with Crippen molar-refractivity contribution in [1.82, 2.24) is 25.3 Å². The Hall–Kier alpha value is -4.52. The number of halogens is 3. The summed E-state index contributed by atoms with van der Waals surface area (Å²) in [5.74, 6) is -0.806. The SMILES string of the molecule is O=C(N[C@@H](Cc1ccccc1)[C@H](O)CNCc1cccc(C(F)(F)F)c1)c1cc(C(=O)N(CCCCO)C2CC2)n(Cc2ccccc2)n1. The predicted molar refractivity (Wildman–Crippen MR) is 179 cm³/mol. The van der Waals surface area contributed by atoms with Gasteiger partial charge in [-0.05, 0) is 54.9 Å². The van der Waals surface area contributed by atoms with Crippen LogP contribution in [0.25, 0.3) is 0 Å². The zero-order valence-corrected chi connectivity index (χ0v) is 27.1. The second-order valence-electron chi connectivity index (χ2n) is 12.4. The Morgan fingerprint density at radius 1 is 0.918 bits per heavy atom. The maximum absolute atomic E-state index is 13.9. The summed E-state index contributed by atoms with van der Waals surface area (Å²) >= 11 is 0. The number of benzene rings is 3. The van der Waals surface area contributed by atoms with Gasteiger partial charge >= 0.3 is 6.18 Å². The zero-order chi connectivity index (χ0) is 34.8. The van der Waals surface area contributed by atoms with E-state index >= 15 is 0 Å². The van der Waals surface area contributed by atoms with Gasteiger partial charge < -0.3 is 25.7 Å². The van der Waals surface area contributed by atoms with Crippen LogP contribution in [0.4, 0.5) is 13.2 Å².